The van der Waals surface area contributed by atoms with E-state index in [9.17, 15) is 7.85 Å². The Bertz CT molecular complexity index is 3540. The Labute approximate surface area is 414 Å². The predicted octanol–water partition coefficient (Wildman–Crippen LogP) is 17.3. The molecule has 2 fully saturated rings. The molecule has 0 bridgehead atoms. The highest BCUT2D eigenvalue weighted by Gasteiger charge is 2.25. The van der Waals surface area contributed by atoms with Gasteiger partial charge in [-0.05, 0) is 161 Å². The summed E-state index contributed by atoms with van der Waals surface area (Å²) in [5.74, 6) is 0.196. The summed E-state index contributed by atoms with van der Waals surface area (Å²) in [7, 11) is 0. The van der Waals surface area contributed by atoms with Crippen LogP contribution in [0.25, 0.3) is 83.9 Å². The number of aromatic nitrogens is 3. The first-order chi connectivity index (χ1) is 35.3. The average molecular weight is 910 g/mol. The molecule has 2 aliphatic rings. The summed E-state index contributed by atoms with van der Waals surface area (Å²) in [5.41, 5.74) is 17.2. The van der Waals surface area contributed by atoms with Crippen LogP contribution in [0, 0.1) is 5.92 Å². The van der Waals surface area contributed by atoms with Crippen LogP contribution in [0.1, 0.15) is 82.6 Å². The molecule has 1 N–H and O–H groups in total. The highest BCUT2D eigenvalue weighted by atomic mass is 16.3. The Hall–Kier alpha value is -7.82. The van der Waals surface area contributed by atoms with Gasteiger partial charge in [-0.3, -0.25) is 9.55 Å². The number of benzene rings is 8. The van der Waals surface area contributed by atoms with E-state index in [2.05, 4.69) is 162 Å². The van der Waals surface area contributed by atoms with Crippen LogP contribution in [0.5, 0.6) is 5.75 Å². The van der Waals surface area contributed by atoms with Crippen LogP contribution in [0.3, 0.4) is 0 Å². The number of phenolic OH excluding ortho intramolecular Hbond substituents is 1. The molecule has 0 saturated heterocycles. The molecule has 4 heteroatoms. The van der Waals surface area contributed by atoms with Gasteiger partial charge in [-0.15, -0.1) is 0 Å². The van der Waals surface area contributed by atoms with Crippen LogP contribution in [0.15, 0.2) is 212 Å². The number of hydrogen-bond donors (Lipinski definition) is 1. The number of rotatable bonds is 11. The minimum Gasteiger partial charge on any atom is -0.507 e. The Morgan fingerprint density at radius 2 is 1.09 bits per heavy atom. The maximum atomic E-state index is 11.5. The van der Waals surface area contributed by atoms with Crippen molar-refractivity contribution in [2.75, 3.05) is 0 Å². The van der Waals surface area contributed by atoms with E-state index in [1.54, 1.807) is 6.07 Å². The third-order valence-corrected chi connectivity index (χ3v) is 14.9. The molecule has 2 aliphatic carbocycles. The molecule has 0 spiro atoms. The van der Waals surface area contributed by atoms with Gasteiger partial charge in [-0.2, -0.15) is 0 Å². The van der Waals surface area contributed by atoms with Crippen molar-refractivity contribution in [1.82, 2.24) is 14.5 Å². The molecule has 0 amide bonds. The van der Waals surface area contributed by atoms with Crippen molar-refractivity contribution in [2.24, 2.45) is 5.92 Å². The lowest BCUT2D eigenvalue weighted by atomic mass is 9.76. The highest BCUT2D eigenvalue weighted by Crippen LogP contribution is 2.44. The van der Waals surface area contributed by atoms with Crippen molar-refractivity contribution in [3.63, 3.8) is 0 Å². The van der Waals surface area contributed by atoms with Gasteiger partial charge in [0.25, 0.3) is 0 Å². The summed E-state index contributed by atoms with van der Waals surface area (Å²) >= 11 is 0. The second kappa shape index (κ2) is 19.3. The number of pyridine rings is 1. The van der Waals surface area contributed by atoms with Gasteiger partial charge in [0.1, 0.15) is 11.6 Å². The van der Waals surface area contributed by atoms with Crippen molar-refractivity contribution < 1.29 is 7.85 Å². The molecule has 12 rings (SSSR count). The fourth-order valence-corrected chi connectivity index (χ4v) is 11.2. The molecule has 0 aliphatic heterocycles. The van der Waals surface area contributed by atoms with Gasteiger partial charge in [-0.25, -0.2) is 4.98 Å². The largest absolute Gasteiger partial charge is 0.507 e. The summed E-state index contributed by atoms with van der Waals surface area (Å²) in [4.78, 5) is 10.5. The van der Waals surface area contributed by atoms with Crippen molar-refractivity contribution >= 4 is 11.0 Å². The van der Waals surface area contributed by atoms with Crippen molar-refractivity contribution in [3.05, 3.63) is 229 Å². The minimum absolute atomic E-state index is 0.177. The van der Waals surface area contributed by atoms with E-state index in [1.807, 2.05) is 48.7 Å². The molecular weight excluding hydrogens is 851 g/mol. The number of hydrogen-bond acceptors (Lipinski definition) is 3. The molecule has 10 aromatic rings. The number of imidazole rings is 1. The zero-order valence-electron chi connectivity index (χ0n) is 41.4. The van der Waals surface area contributed by atoms with Crippen molar-refractivity contribution in [1.29, 1.82) is 0 Å². The number of nitrogens with zero attached hydrogens (tertiary/aromatic N) is 3. The molecule has 0 unspecified atom stereocenters. The van der Waals surface area contributed by atoms with Gasteiger partial charge < -0.3 is 5.11 Å². The standard InChI is InChI=1S/C66H57N3O/c70-64-26-13-12-23-59(64)66-68-65-58(24-14-25-63(65)69(66)62-36-27-46(39-45-15-10-11-16-45)40-60(62)53-21-8-3-9-22-53)56-41-55(48-19-6-2-7-20-48)42-57(43-56)61-44-54(37-38-67-61)52-34-32-51(33-35-52)50-30-28-49(29-31-50)47-17-4-1-5-18-47/h1-9,12-14,17-27,32-38,40-45,49-50,70H,10-11,15-16,28-31,39H2/i49D,50D. The summed E-state index contributed by atoms with van der Waals surface area (Å²) in [6.45, 7) is 0. The normalized spacial score (nSPS) is 18.7. The third kappa shape index (κ3) is 8.75. The molecule has 8 aromatic carbocycles. The molecule has 70 heavy (non-hydrogen) atoms. The molecular formula is C66H57N3O. The number of fused-ring (bicyclic) bond motifs is 1. The summed E-state index contributed by atoms with van der Waals surface area (Å²) in [6.07, 6.45) is 10.8. The lowest BCUT2D eigenvalue weighted by molar-refractivity contribution is 0.396. The summed E-state index contributed by atoms with van der Waals surface area (Å²) in [6, 6.07) is 71.7. The molecule has 0 radical (unpaired) electrons. The van der Waals surface area contributed by atoms with Crippen LogP contribution >= 0.6 is 0 Å². The molecule has 2 saturated carbocycles. The van der Waals surface area contributed by atoms with Gasteiger partial charge >= 0.3 is 0 Å². The molecule has 2 aromatic heterocycles. The maximum absolute atomic E-state index is 11.5. The predicted molar refractivity (Wildman–Crippen MR) is 289 cm³/mol. The second-order valence-corrected chi connectivity index (χ2v) is 19.3. The van der Waals surface area contributed by atoms with E-state index in [-0.39, 0.29) is 5.75 Å². The number of para-hydroxylation sites is 2. The van der Waals surface area contributed by atoms with E-state index >= 15 is 0 Å². The molecule has 342 valence electrons. The van der Waals surface area contributed by atoms with Crippen molar-refractivity contribution in [3.8, 4) is 78.6 Å². The fourth-order valence-electron chi connectivity index (χ4n) is 11.2. The highest BCUT2D eigenvalue weighted by molar-refractivity contribution is 5.98. The maximum Gasteiger partial charge on any atom is 0.149 e. The lowest BCUT2D eigenvalue weighted by Gasteiger charge is -2.29. The van der Waals surface area contributed by atoms with E-state index in [1.165, 1.54) is 31.2 Å². The van der Waals surface area contributed by atoms with Crippen LogP contribution < -0.4 is 0 Å². The van der Waals surface area contributed by atoms with E-state index in [4.69, 9.17) is 9.97 Å². The zero-order valence-corrected chi connectivity index (χ0v) is 39.4. The minimum atomic E-state index is -0.722. The van der Waals surface area contributed by atoms with Gasteiger partial charge in [0.2, 0.25) is 0 Å². The fraction of sp³-hybridized carbons (Fsp3) is 0.182. The summed E-state index contributed by atoms with van der Waals surface area (Å²) < 4.78 is 21.0. The molecule has 0 atom stereocenters. The zero-order chi connectivity index (χ0) is 48.7. The second-order valence-electron chi connectivity index (χ2n) is 19.3. The van der Waals surface area contributed by atoms with Gasteiger partial charge in [0.05, 0.1) is 28.0 Å². The first-order valence-corrected chi connectivity index (χ1v) is 25.1. The number of phenols is 1. The van der Waals surface area contributed by atoms with Crippen LogP contribution in [0.2, 0.25) is 0 Å². The average Bonchev–Trinajstić information content (AvgIpc) is 4.11. The van der Waals surface area contributed by atoms with Gasteiger partial charge in [0.15, 0.2) is 0 Å². The first-order valence-electron chi connectivity index (χ1n) is 26.1. The van der Waals surface area contributed by atoms with Gasteiger partial charge in [-0.1, -0.05) is 171 Å². The third-order valence-electron chi connectivity index (χ3n) is 14.9. The Morgan fingerprint density at radius 1 is 0.471 bits per heavy atom. The van der Waals surface area contributed by atoms with E-state index in [0.717, 1.165) is 90.0 Å². The van der Waals surface area contributed by atoms with Crippen LogP contribution in [0.4, 0.5) is 0 Å². The van der Waals surface area contributed by atoms with Crippen LogP contribution in [-0.4, -0.2) is 19.6 Å². The lowest BCUT2D eigenvalue weighted by Crippen LogP contribution is -2.12. The topological polar surface area (TPSA) is 50.9 Å². The first kappa shape index (κ1) is 41.2. The number of aromatic hydroxyl groups is 1. The van der Waals surface area contributed by atoms with E-state index < -0.39 is 11.8 Å². The van der Waals surface area contributed by atoms with E-state index in [0.29, 0.717) is 43.0 Å². The molecule has 4 nitrogen and oxygen atoms in total. The quantitative estimate of drug-likeness (QED) is 0.141. The SMILES string of the molecule is [2H]C1(c2ccccc2)CCC([2H])(c2ccc(-c3ccnc(-c4cc(-c5ccccc5)cc(-c5cccc6c5nc(-c5ccccc5O)n6-c5ccc(CC6CCCC6)cc5-c5ccccc5)c4)c3)cc2)CC1. The Morgan fingerprint density at radius 3 is 1.81 bits per heavy atom. The smallest absolute Gasteiger partial charge is 0.149 e. The van der Waals surface area contributed by atoms with Crippen molar-refractivity contribution in [2.45, 2.75) is 69.6 Å². The van der Waals surface area contributed by atoms with Crippen LogP contribution in [-0.2, 0) is 6.42 Å². The molecule has 2 heterocycles. The van der Waals surface area contributed by atoms with Gasteiger partial charge in [0, 0.05) is 25.6 Å². The Balaban J connectivity index is 0.949. The summed E-state index contributed by atoms with van der Waals surface area (Å²) in [5, 5.41) is 11.5. The monoisotopic (exact) mass is 909 g/mol. The Kier molecular flexibility index (Phi) is 11.3.